The lowest BCUT2D eigenvalue weighted by Gasteiger charge is -2.31. The van der Waals surface area contributed by atoms with Crippen LogP contribution < -0.4 is 15.4 Å². The molecule has 0 radical (unpaired) electrons. The number of benzene rings is 2. The molecule has 5 heterocycles. The Bertz CT molecular complexity index is 1690. The molecule has 0 aliphatic carbocycles. The van der Waals surface area contributed by atoms with Crippen LogP contribution in [-0.4, -0.2) is 70.5 Å². The van der Waals surface area contributed by atoms with Crippen LogP contribution in [-0.2, 0) is 0 Å². The average molecular weight is 621 g/mol. The number of fused-ring (bicyclic) bond motifs is 3. The summed E-state index contributed by atoms with van der Waals surface area (Å²) in [6.07, 6.45) is 1.97. The minimum atomic E-state index is -1.07. The van der Waals surface area contributed by atoms with Gasteiger partial charge in [-0.15, -0.1) is 0 Å². The molecule has 0 saturated carbocycles. The summed E-state index contributed by atoms with van der Waals surface area (Å²) < 4.78 is 66.6. The summed E-state index contributed by atoms with van der Waals surface area (Å²) in [5.74, 6) is -0.961. The molecule has 2 aromatic heterocycles. The molecule has 3 fully saturated rings. The quantitative estimate of drug-likeness (QED) is 0.249. The Morgan fingerprint density at radius 3 is 2.76 bits per heavy atom. The topological polar surface area (TPSA) is 80.4 Å². The van der Waals surface area contributed by atoms with Gasteiger partial charge in [-0.1, -0.05) is 22.9 Å². The Morgan fingerprint density at radius 2 is 1.90 bits per heavy atom. The molecule has 4 aromatic rings. The van der Waals surface area contributed by atoms with Gasteiger partial charge in [-0.05, 0) is 56.8 Å². The van der Waals surface area contributed by atoms with Crippen molar-refractivity contribution in [3.63, 3.8) is 0 Å². The van der Waals surface area contributed by atoms with Gasteiger partial charge in [0, 0.05) is 36.0 Å². The third kappa shape index (κ3) is 4.71. The van der Waals surface area contributed by atoms with Crippen molar-refractivity contribution >= 4 is 55.0 Å². The number of nitrogen functional groups attached to an aromatic ring is 1. The van der Waals surface area contributed by atoms with Crippen LogP contribution >= 0.6 is 22.9 Å². The second kappa shape index (κ2) is 10.6. The molecule has 3 saturated heterocycles. The van der Waals surface area contributed by atoms with Gasteiger partial charge in [0.2, 0.25) is 0 Å². The van der Waals surface area contributed by atoms with Crippen LogP contribution in [0, 0.1) is 11.6 Å². The van der Waals surface area contributed by atoms with E-state index in [0.717, 1.165) is 43.6 Å². The highest BCUT2D eigenvalue weighted by Crippen LogP contribution is 2.44. The van der Waals surface area contributed by atoms with Gasteiger partial charge in [-0.3, -0.25) is 4.90 Å². The van der Waals surface area contributed by atoms with Crippen LogP contribution in [0.25, 0.3) is 32.2 Å². The van der Waals surface area contributed by atoms with Crippen LogP contribution in [0.1, 0.15) is 38.5 Å². The molecular weight excluding hydrogens is 592 g/mol. The van der Waals surface area contributed by atoms with E-state index < -0.39 is 29.5 Å². The third-order valence-corrected chi connectivity index (χ3v) is 9.96. The molecule has 3 atom stereocenters. The first-order chi connectivity index (χ1) is 20.2. The number of rotatable bonds is 5. The number of thiazole rings is 1. The van der Waals surface area contributed by atoms with Crippen LogP contribution in [0.4, 0.5) is 28.5 Å². The normalized spacial score (nSPS) is 24.9. The first kappa shape index (κ1) is 27.8. The zero-order valence-corrected chi connectivity index (χ0v) is 24.3. The van der Waals surface area contributed by atoms with Gasteiger partial charge in [-0.2, -0.15) is 9.97 Å². The van der Waals surface area contributed by atoms with E-state index in [9.17, 15) is 13.2 Å². The average Bonchev–Trinajstić information content (AvgIpc) is 3.56. The van der Waals surface area contributed by atoms with Gasteiger partial charge in [0.15, 0.2) is 10.9 Å². The van der Waals surface area contributed by atoms with Crippen LogP contribution in [0.15, 0.2) is 18.2 Å². The molecule has 3 aliphatic heterocycles. The van der Waals surface area contributed by atoms with E-state index in [0.29, 0.717) is 37.1 Å². The van der Waals surface area contributed by atoms with Gasteiger partial charge in [0.25, 0.3) is 0 Å². The van der Waals surface area contributed by atoms with Gasteiger partial charge in [-0.25, -0.2) is 22.5 Å². The van der Waals surface area contributed by atoms with E-state index in [4.69, 9.17) is 22.1 Å². The lowest BCUT2D eigenvalue weighted by atomic mass is 9.95. The zero-order valence-electron chi connectivity index (χ0n) is 22.7. The van der Waals surface area contributed by atoms with Crippen LogP contribution in [0.5, 0.6) is 6.01 Å². The van der Waals surface area contributed by atoms with Gasteiger partial charge in [0.1, 0.15) is 36.1 Å². The van der Waals surface area contributed by atoms with Crippen molar-refractivity contribution in [3.05, 3.63) is 34.9 Å². The number of hydrogen-bond acceptors (Lipinski definition) is 8. The lowest BCUT2D eigenvalue weighted by Crippen LogP contribution is -2.43. The summed E-state index contributed by atoms with van der Waals surface area (Å²) in [5, 5.41) is 0.493. The van der Waals surface area contributed by atoms with E-state index in [2.05, 4.69) is 19.9 Å². The monoisotopic (exact) mass is 620 g/mol. The summed E-state index contributed by atoms with van der Waals surface area (Å²) in [6, 6.07) is 4.12. The molecule has 2 aromatic carbocycles. The molecule has 1 unspecified atom stereocenters. The highest BCUT2D eigenvalue weighted by Gasteiger charge is 2.49. The van der Waals surface area contributed by atoms with Crippen molar-refractivity contribution in [2.45, 2.75) is 56.4 Å². The SMILES string of the molecule is Nc1nc2c(-c3c(Cl)cc4c(N5CCCCC(F)C5)nc(OC[C@@]56CCCN5C[C@H](F)C6)nc4c3F)ccc(F)c2s1. The van der Waals surface area contributed by atoms with Crippen molar-refractivity contribution < 1.29 is 22.3 Å². The van der Waals surface area contributed by atoms with E-state index in [1.165, 1.54) is 12.1 Å². The number of hydrogen-bond donors (Lipinski definition) is 1. The van der Waals surface area contributed by atoms with Crippen molar-refractivity contribution in [2.24, 2.45) is 0 Å². The maximum Gasteiger partial charge on any atom is 0.319 e. The number of aromatic nitrogens is 3. The van der Waals surface area contributed by atoms with Crippen LogP contribution in [0.3, 0.4) is 0 Å². The summed E-state index contributed by atoms with van der Waals surface area (Å²) in [4.78, 5) is 17.3. The van der Waals surface area contributed by atoms with Gasteiger partial charge < -0.3 is 15.4 Å². The predicted octanol–water partition coefficient (Wildman–Crippen LogP) is 6.70. The fourth-order valence-corrected chi connectivity index (χ4v) is 7.89. The second-order valence-corrected chi connectivity index (χ2v) is 12.9. The number of nitrogens with zero attached hydrogens (tertiary/aromatic N) is 5. The minimum absolute atomic E-state index is 0.00840. The molecule has 222 valence electrons. The zero-order chi connectivity index (χ0) is 29.2. The third-order valence-electron chi connectivity index (χ3n) is 8.77. The predicted molar refractivity (Wildman–Crippen MR) is 157 cm³/mol. The second-order valence-electron chi connectivity index (χ2n) is 11.5. The first-order valence-corrected chi connectivity index (χ1v) is 15.4. The molecule has 0 bridgehead atoms. The minimum Gasteiger partial charge on any atom is -0.461 e. The van der Waals surface area contributed by atoms with Crippen molar-refractivity contribution in [1.29, 1.82) is 0 Å². The summed E-state index contributed by atoms with van der Waals surface area (Å²) in [7, 11) is 0. The number of ether oxygens (including phenoxy) is 1. The number of alkyl halides is 2. The fraction of sp³-hybridized carbons (Fsp3) is 0.483. The Hall–Kier alpha value is -2.96. The summed E-state index contributed by atoms with van der Waals surface area (Å²) >= 11 is 7.67. The fourth-order valence-electron chi connectivity index (χ4n) is 6.84. The van der Waals surface area contributed by atoms with E-state index in [1.807, 2.05) is 0 Å². The maximum absolute atomic E-state index is 16.6. The highest BCUT2D eigenvalue weighted by atomic mass is 35.5. The largest absolute Gasteiger partial charge is 0.461 e. The molecule has 13 heteroatoms. The summed E-state index contributed by atoms with van der Waals surface area (Å²) in [6.45, 7) is 1.92. The summed E-state index contributed by atoms with van der Waals surface area (Å²) in [5.41, 5.74) is 5.79. The van der Waals surface area contributed by atoms with Crippen LogP contribution in [0.2, 0.25) is 5.02 Å². The number of halogens is 5. The standard InChI is InChI=1S/C29H29ClF4N6OS/c30-19-10-18-23(22(34)21(19)17-5-6-20(33)25-24(17)36-27(35)42-25)37-28(38-26(18)39-8-2-1-4-15(31)12-39)41-14-29-7-3-9-40(29)13-16(32)11-29/h5-6,10,15-16H,1-4,7-9,11-14H2,(H2,35,36)/t15?,16-,29+/m1/s1. The van der Waals surface area contributed by atoms with Crippen molar-refractivity contribution in [3.8, 4) is 17.1 Å². The molecule has 42 heavy (non-hydrogen) atoms. The van der Waals surface area contributed by atoms with E-state index in [-0.39, 0.29) is 56.2 Å². The molecule has 7 rings (SSSR count). The molecule has 2 N–H and O–H groups in total. The van der Waals surface area contributed by atoms with Gasteiger partial charge >= 0.3 is 6.01 Å². The maximum atomic E-state index is 16.6. The van der Waals surface area contributed by atoms with E-state index in [1.54, 1.807) is 11.0 Å². The Labute approximate surface area is 248 Å². The molecule has 0 amide bonds. The lowest BCUT2D eigenvalue weighted by molar-refractivity contribution is 0.107. The molecule has 0 spiro atoms. The van der Waals surface area contributed by atoms with E-state index >= 15 is 4.39 Å². The Balaban J connectivity index is 1.37. The Kier molecular flexibility index (Phi) is 7.05. The number of anilines is 2. The van der Waals surface area contributed by atoms with Gasteiger partial charge in [0.05, 0.1) is 27.3 Å². The van der Waals surface area contributed by atoms with Crippen molar-refractivity contribution in [2.75, 3.05) is 43.4 Å². The smallest absolute Gasteiger partial charge is 0.319 e. The Morgan fingerprint density at radius 1 is 1.05 bits per heavy atom. The molecule has 3 aliphatic rings. The number of nitrogens with two attached hydrogens (primary N) is 1. The first-order valence-electron chi connectivity index (χ1n) is 14.2. The molecular formula is C29H29ClF4N6OS. The highest BCUT2D eigenvalue weighted by molar-refractivity contribution is 7.22. The van der Waals surface area contributed by atoms with Crippen molar-refractivity contribution in [1.82, 2.24) is 19.9 Å². The molecule has 7 nitrogen and oxygen atoms in total.